The second kappa shape index (κ2) is 54.4. The number of allylic oxidation sites excluding steroid dienone is 20. The minimum atomic E-state index is -0.811. The third kappa shape index (κ3) is 52.6. The van der Waals surface area contributed by atoms with Crippen LogP contribution in [0.2, 0.25) is 0 Å². The first-order valence-electron chi connectivity index (χ1n) is 27.0. The van der Waals surface area contributed by atoms with Gasteiger partial charge in [-0.25, -0.2) is 0 Å². The zero-order valence-corrected chi connectivity index (χ0v) is 43.1. The minimum absolute atomic E-state index is 0.107. The number of hydrogen-bond donors (Lipinski definition) is 0. The molecular weight excluding hydrogens is 829 g/mol. The van der Waals surface area contributed by atoms with Crippen LogP contribution in [0.5, 0.6) is 0 Å². The predicted octanol–water partition coefficient (Wildman–Crippen LogP) is 18.1. The summed E-state index contributed by atoms with van der Waals surface area (Å²) in [6.07, 6.45) is 74.6. The first-order valence-corrected chi connectivity index (χ1v) is 27.0. The van der Waals surface area contributed by atoms with E-state index < -0.39 is 6.10 Å². The highest BCUT2D eigenvalue weighted by Gasteiger charge is 2.19. The minimum Gasteiger partial charge on any atom is -0.462 e. The molecule has 0 aliphatic rings. The first kappa shape index (κ1) is 62.8. The number of ether oxygens (including phenoxy) is 3. The molecule has 6 heteroatoms. The molecule has 0 radical (unpaired) electrons. The highest BCUT2D eigenvalue weighted by Crippen LogP contribution is 2.13. The summed E-state index contributed by atoms with van der Waals surface area (Å²) in [5.74, 6) is -0.973. The van der Waals surface area contributed by atoms with E-state index in [1.54, 1.807) is 0 Å². The Balaban J connectivity index is 4.53. The van der Waals surface area contributed by atoms with Crippen LogP contribution in [0.15, 0.2) is 122 Å². The monoisotopic (exact) mass is 927 g/mol. The van der Waals surface area contributed by atoms with Crippen molar-refractivity contribution in [3.05, 3.63) is 122 Å². The molecule has 0 aromatic rings. The normalized spacial score (nSPS) is 13.1. The van der Waals surface area contributed by atoms with E-state index >= 15 is 0 Å². The summed E-state index contributed by atoms with van der Waals surface area (Å²) in [4.78, 5) is 38.1. The second-order valence-electron chi connectivity index (χ2n) is 17.4. The van der Waals surface area contributed by atoms with Crippen molar-refractivity contribution in [3.8, 4) is 0 Å². The molecule has 0 aliphatic heterocycles. The fraction of sp³-hybridized carbons (Fsp3) is 0.623. The van der Waals surface area contributed by atoms with Crippen LogP contribution in [0.3, 0.4) is 0 Å². The van der Waals surface area contributed by atoms with Gasteiger partial charge in [0.1, 0.15) is 13.2 Å². The van der Waals surface area contributed by atoms with Crippen LogP contribution in [-0.2, 0) is 28.6 Å². The molecule has 0 bridgehead atoms. The van der Waals surface area contributed by atoms with Gasteiger partial charge in [0.2, 0.25) is 0 Å². The summed E-state index contributed by atoms with van der Waals surface area (Å²) in [5.41, 5.74) is 0. The predicted molar refractivity (Wildman–Crippen MR) is 288 cm³/mol. The van der Waals surface area contributed by atoms with Gasteiger partial charge in [-0.15, -0.1) is 0 Å². The third-order valence-electron chi connectivity index (χ3n) is 10.9. The van der Waals surface area contributed by atoms with Crippen LogP contribution in [0.4, 0.5) is 0 Å². The number of esters is 3. The Morgan fingerprint density at radius 2 is 0.582 bits per heavy atom. The third-order valence-corrected chi connectivity index (χ3v) is 10.9. The standard InChI is InChI=1S/C61H98O6/c1-4-7-10-13-16-19-22-25-28-30-33-36-39-42-45-48-51-54-60(63)66-57-58(56-65-59(62)53-50-47-44-41-38-35-32-27-24-21-18-15-12-9-6-3)67-61(64)55-52-49-46-43-40-37-34-31-29-26-23-20-17-14-11-8-5-2/h7-8,10-11,16-21,25-29,32-34,36-37,58H,4-6,9,12-15,22-24,30-31,35,38-57H2,1-3H3/b10-7-,11-8-,19-16-,20-17-,21-18-,28-25-,29-26-,32-27-,36-33-,37-34-/t58-/m0/s1. The van der Waals surface area contributed by atoms with Crippen molar-refractivity contribution in [3.63, 3.8) is 0 Å². The molecule has 0 fully saturated rings. The fourth-order valence-corrected chi connectivity index (χ4v) is 6.92. The van der Waals surface area contributed by atoms with Crippen molar-refractivity contribution in [1.29, 1.82) is 0 Å². The Morgan fingerprint density at radius 3 is 0.910 bits per heavy atom. The van der Waals surface area contributed by atoms with Crippen LogP contribution in [-0.4, -0.2) is 37.2 Å². The lowest BCUT2D eigenvalue weighted by Crippen LogP contribution is -2.30. The van der Waals surface area contributed by atoms with Crippen molar-refractivity contribution in [2.45, 2.75) is 232 Å². The molecule has 0 aromatic carbocycles. The van der Waals surface area contributed by atoms with Gasteiger partial charge < -0.3 is 14.2 Å². The summed E-state index contributed by atoms with van der Waals surface area (Å²) in [5, 5.41) is 0. The van der Waals surface area contributed by atoms with Gasteiger partial charge in [0.05, 0.1) is 0 Å². The molecule has 0 aromatic heterocycles. The number of carbonyl (C=O) groups excluding carboxylic acids is 3. The average Bonchev–Trinajstić information content (AvgIpc) is 3.33. The maximum absolute atomic E-state index is 12.8. The van der Waals surface area contributed by atoms with Gasteiger partial charge >= 0.3 is 17.9 Å². The Kier molecular flexibility index (Phi) is 51.0. The van der Waals surface area contributed by atoms with Gasteiger partial charge in [-0.1, -0.05) is 200 Å². The maximum atomic E-state index is 12.8. The van der Waals surface area contributed by atoms with Gasteiger partial charge in [-0.3, -0.25) is 14.4 Å². The van der Waals surface area contributed by atoms with Gasteiger partial charge in [0.15, 0.2) is 6.10 Å². The molecule has 67 heavy (non-hydrogen) atoms. The van der Waals surface area contributed by atoms with Gasteiger partial charge in [0, 0.05) is 19.3 Å². The first-order chi connectivity index (χ1) is 33.0. The average molecular weight is 927 g/mol. The zero-order valence-electron chi connectivity index (χ0n) is 43.1. The lowest BCUT2D eigenvalue weighted by Gasteiger charge is -2.18. The summed E-state index contributed by atoms with van der Waals surface area (Å²) >= 11 is 0. The van der Waals surface area contributed by atoms with E-state index in [9.17, 15) is 14.4 Å². The fourth-order valence-electron chi connectivity index (χ4n) is 6.92. The van der Waals surface area contributed by atoms with Crippen LogP contribution >= 0.6 is 0 Å². The number of rotatable bonds is 47. The molecule has 0 unspecified atom stereocenters. The van der Waals surface area contributed by atoms with Gasteiger partial charge in [0.25, 0.3) is 0 Å². The lowest BCUT2D eigenvalue weighted by atomic mass is 10.1. The summed E-state index contributed by atoms with van der Waals surface area (Å²) in [7, 11) is 0. The lowest BCUT2D eigenvalue weighted by molar-refractivity contribution is -0.167. The molecule has 0 heterocycles. The molecule has 378 valence electrons. The van der Waals surface area contributed by atoms with Gasteiger partial charge in [-0.2, -0.15) is 0 Å². The highest BCUT2D eigenvalue weighted by molar-refractivity contribution is 5.71. The maximum Gasteiger partial charge on any atom is 0.306 e. The largest absolute Gasteiger partial charge is 0.462 e. The van der Waals surface area contributed by atoms with Crippen LogP contribution in [0.1, 0.15) is 226 Å². The number of hydrogen-bond acceptors (Lipinski definition) is 6. The van der Waals surface area contributed by atoms with E-state index in [4.69, 9.17) is 14.2 Å². The molecule has 1 atom stereocenters. The Morgan fingerprint density at radius 1 is 0.313 bits per heavy atom. The van der Waals surface area contributed by atoms with E-state index in [0.29, 0.717) is 12.8 Å². The number of unbranched alkanes of at least 4 members (excludes halogenated alkanes) is 16. The van der Waals surface area contributed by atoms with Crippen molar-refractivity contribution < 1.29 is 28.6 Å². The van der Waals surface area contributed by atoms with Crippen molar-refractivity contribution in [2.24, 2.45) is 0 Å². The van der Waals surface area contributed by atoms with E-state index in [1.165, 1.54) is 25.7 Å². The smallest absolute Gasteiger partial charge is 0.306 e. The molecule has 0 aliphatic carbocycles. The van der Waals surface area contributed by atoms with Gasteiger partial charge in [-0.05, 0) is 128 Å². The molecule has 6 nitrogen and oxygen atoms in total. The molecule has 0 rings (SSSR count). The Hall–Kier alpha value is -4.19. The van der Waals surface area contributed by atoms with E-state index in [-0.39, 0.29) is 37.5 Å². The topological polar surface area (TPSA) is 78.9 Å². The van der Waals surface area contributed by atoms with Crippen LogP contribution < -0.4 is 0 Å². The SMILES string of the molecule is CC/C=C\C/C=C\C/C=C\C/C=C\CCCCCCC(=O)OC[C@H](COC(=O)CCCCCCC/C=C\C/C=C\CCCCC)OC(=O)CCCCCC/C=C\C/C=C\C/C=C\C/C=C\CC. The van der Waals surface area contributed by atoms with Crippen molar-refractivity contribution in [2.75, 3.05) is 13.2 Å². The second-order valence-corrected chi connectivity index (χ2v) is 17.4. The van der Waals surface area contributed by atoms with E-state index in [1.807, 2.05) is 0 Å². The van der Waals surface area contributed by atoms with E-state index in [2.05, 4.69) is 142 Å². The van der Waals surface area contributed by atoms with Crippen molar-refractivity contribution >= 4 is 17.9 Å². The highest BCUT2D eigenvalue weighted by atomic mass is 16.6. The molecule has 0 saturated carbocycles. The summed E-state index contributed by atoms with van der Waals surface area (Å²) in [6.45, 7) is 6.32. The molecule has 0 saturated heterocycles. The zero-order chi connectivity index (χ0) is 48.6. The Labute approximate surface area is 412 Å². The van der Waals surface area contributed by atoms with Crippen LogP contribution in [0, 0.1) is 0 Å². The number of carbonyl (C=O) groups is 3. The molecule has 0 spiro atoms. The van der Waals surface area contributed by atoms with Crippen molar-refractivity contribution in [1.82, 2.24) is 0 Å². The quantitative estimate of drug-likeness (QED) is 0.0262. The molecule has 0 amide bonds. The van der Waals surface area contributed by atoms with E-state index in [0.717, 1.165) is 161 Å². The molecular formula is C61H98O6. The molecule has 0 N–H and O–H groups in total. The Bertz CT molecular complexity index is 1440. The van der Waals surface area contributed by atoms with Crippen LogP contribution in [0.25, 0.3) is 0 Å². The summed E-state index contributed by atoms with van der Waals surface area (Å²) < 4.78 is 16.8. The summed E-state index contributed by atoms with van der Waals surface area (Å²) in [6, 6.07) is 0.